The molecule has 2 aromatic carbocycles. The fraction of sp³-hybridized carbons (Fsp3) is 0.333. The van der Waals surface area contributed by atoms with E-state index in [0.717, 1.165) is 6.07 Å². The Bertz CT molecular complexity index is 1620. The number of pyridine rings is 1. The summed E-state index contributed by atoms with van der Waals surface area (Å²) in [5, 5.41) is 0.489. The number of hydrogen-bond donors (Lipinski definition) is 0. The molecule has 222 valence electrons. The molecule has 1 atom stereocenters. The smallest absolute Gasteiger partial charge is 0.406 e. The van der Waals surface area contributed by atoms with Crippen molar-refractivity contribution in [3.63, 3.8) is 0 Å². The van der Waals surface area contributed by atoms with Crippen LogP contribution in [0, 0.1) is 11.6 Å². The van der Waals surface area contributed by atoms with Crippen LogP contribution in [0.25, 0.3) is 5.65 Å². The molecule has 0 aliphatic carbocycles. The second kappa shape index (κ2) is 11.8. The highest BCUT2D eigenvalue weighted by Gasteiger charge is 2.32. The number of nitrogens with zero attached hydrogens (tertiary/aromatic N) is 4. The van der Waals surface area contributed by atoms with Gasteiger partial charge in [-0.2, -0.15) is 0 Å². The number of fused-ring (bicyclic) bond motifs is 1. The molecule has 1 saturated heterocycles. The number of carbonyl (C=O) groups is 1. The van der Waals surface area contributed by atoms with E-state index in [9.17, 15) is 22.4 Å². The van der Waals surface area contributed by atoms with Gasteiger partial charge in [0.05, 0.1) is 22.1 Å². The highest BCUT2D eigenvalue weighted by atomic mass is 35.5. The summed E-state index contributed by atoms with van der Waals surface area (Å²) in [5.41, 5.74) is 3.01. The van der Waals surface area contributed by atoms with Crippen molar-refractivity contribution in [2.24, 2.45) is 0 Å². The Balaban J connectivity index is 1.24. The SMILES string of the molecule is CCc1nc2ccc(Cl)cn2c1C(=O)CCc1ccc(N2CCN(c3ccc(OC(F)(F)F)cc3F)[C@@H](C)C2)c(F)c1. The number of alkyl halides is 3. The van der Waals surface area contributed by atoms with Gasteiger partial charge in [0, 0.05) is 44.4 Å². The molecule has 1 aliphatic rings. The number of piperazine rings is 1. The van der Waals surface area contributed by atoms with Crippen LogP contribution < -0.4 is 14.5 Å². The summed E-state index contributed by atoms with van der Waals surface area (Å²) in [5.74, 6) is -2.01. The van der Waals surface area contributed by atoms with Crippen LogP contribution in [-0.4, -0.2) is 47.2 Å². The van der Waals surface area contributed by atoms with E-state index in [0.29, 0.717) is 71.9 Å². The van der Waals surface area contributed by atoms with Crippen LogP contribution in [0.15, 0.2) is 54.7 Å². The van der Waals surface area contributed by atoms with Gasteiger partial charge < -0.3 is 14.5 Å². The number of aryl methyl sites for hydroxylation is 2. The number of aromatic nitrogens is 2. The minimum absolute atomic E-state index is 0.110. The molecule has 1 fully saturated rings. The van der Waals surface area contributed by atoms with Crippen LogP contribution in [0.5, 0.6) is 5.75 Å². The molecule has 4 aromatic rings. The Hall–Kier alpha value is -3.86. The average Bonchev–Trinajstić information content (AvgIpc) is 3.29. The van der Waals surface area contributed by atoms with Crippen molar-refractivity contribution < 1.29 is 31.5 Å². The molecular formula is C30H28ClF5N4O2. The molecule has 2 aromatic heterocycles. The second-order valence-corrected chi connectivity index (χ2v) is 10.6. The predicted molar refractivity (Wildman–Crippen MR) is 151 cm³/mol. The molecule has 0 N–H and O–H groups in total. The maximum atomic E-state index is 15.3. The lowest BCUT2D eigenvalue weighted by atomic mass is 10.0. The van der Waals surface area contributed by atoms with Crippen LogP contribution in [0.4, 0.5) is 33.3 Å². The number of hydrogen-bond acceptors (Lipinski definition) is 5. The van der Waals surface area contributed by atoms with E-state index in [2.05, 4.69) is 9.72 Å². The zero-order chi connectivity index (χ0) is 30.2. The van der Waals surface area contributed by atoms with Gasteiger partial charge in [0.2, 0.25) is 0 Å². The average molecular weight is 607 g/mol. The normalized spacial score (nSPS) is 15.9. The van der Waals surface area contributed by atoms with Crippen LogP contribution in [0.1, 0.15) is 42.0 Å². The van der Waals surface area contributed by atoms with Crippen molar-refractivity contribution in [2.45, 2.75) is 45.5 Å². The number of Topliss-reactive ketones (excluding diaryl/α,β-unsaturated/α-hetero) is 1. The number of rotatable bonds is 8. The van der Waals surface area contributed by atoms with Gasteiger partial charge in [-0.25, -0.2) is 13.8 Å². The van der Waals surface area contributed by atoms with Crippen molar-refractivity contribution in [2.75, 3.05) is 29.4 Å². The van der Waals surface area contributed by atoms with Gasteiger partial charge in [-0.05, 0) is 61.7 Å². The van der Waals surface area contributed by atoms with E-state index in [1.807, 2.05) is 18.7 Å². The van der Waals surface area contributed by atoms with Gasteiger partial charge >= 0.3 is 6.36 Å². The van der Waals surface area contributed by atoms with Gasteiger partial charge in [0.25, 0.3) is 0 Å². The number of ketones is 1. The minimum atomic E-state index is -4.91. The van der Waals surface area contributed by atoms with E-state index >= 15 is 4.39 Å². The van der Waals surface area contributed by atoms with Crippen LogP contribution >= 0.6 is 11.6 Å². The van der Waals surface area contributed by atoms with Crippen molar-refractivity contribution in [1.29, 1.82) is 0 Å². The summed E-state index contributed by atoms with van der Waals surface area (Å²) < 4.78 is 72.8. The molecular weight excluding hydrogens is 579 g/mol. The molecule has 0 amide bonds. The zero-order valence-electron chi connectivity index (χ0n) is 22.9. The molecule has 12 heteroatoms. The molecule has 3 heterocycles. The summed E-state index contributed by atoms with van der Waals surface area (Å²) in [6.07, 6.45) is -2.16. The molecule has 6 nitrogen and oxygen atoms in total. The number of imidazole rings is 1. The fourth-order valence-corrected chi connectivity index (χ4v) is 5.56. The Labute approximate surface area is 244 Å². The van der Waals surface area contributed by atoms with Gasteiger partial charge in [-0.3, -0.25) is 9.20 Å². The Morgan fingerprint density at radius 2 is 1.79 bits per heavy atom. The molecule has 0 spiro atoms. The van der Waals surface area contributed by atoms with Gasteiger partial charge in [-0.15, -0.1) is 13.2 Å². The molecule has 1 aliphatic heterocycles. The topological polar surface area (TPSA) is 50.1 Å². The first-order chi connectivity index (χ1) is 19.9. The Morgan fingerprint density at radius 3 is 2.45 bits per heavy atom. The molecule has 5 rings (SSSR count). The number of anilines is 2. The highest BCUT2D eigenvalue weighted by Crippen LogP contribution is 2.32. The van der Waals surface area contributed by atoms with Gasteiger partial charge in [0.15, 0.2) is 5.78 Å². The van der Waals surface area contributed by atoms with E-state index in [1.165, 1.54) is 12.1 Å². The van der Waals surface area contributed by atoms with Gasteiger partial charge in [-0.1, -0.05) is 24.6 Å². The second-order valence-electron chi connectivity index (χ2n) is 10.2. The number of carbonyl (C=O) groups excluding carboxylic acids is 1. The van der Waals surface area contributed by atoms with Crippen LogP contribution in [-0.2, 0) is 12.8 Å². The van der Waals surface area contributed by atoms with Crippen LogP contribution in [0.3, 0.4) is 0 Å². The molecule has 0 saturated carbocycles. The fourth-order valence-electron chi connectivity index (χ4n) is 5.40. The Kier molecular flexibility index (Phi) is 8.32. The lowest BCUT2D eigenvalue weighted by Crippen LogP contribution is -2.52. The minimum Gasteiger partial charge on any atom is -0.406 e. The molecule has 0 radical (unpaired) electrons. The van der Waals surface area contributed by atoms with E-state index in [-0.39, 0.29) is 23.9 Å². The van der Waals surface area contributed by atoms with E-state index in [1.54, 1.807) is 39.8 Å². The monoisotopic (exact) mass is 606 g/mol. The standard InChI is InChI=1S/C30H28ClF5N4O2/c1-3-24-29(40-17-20(31)6-11-28(40)37-24)27(41)10-5-19-4-8-25(22(32)14-19)38-12-13-39(18(2)16-38)26-9-7-21(15-23(26)33)42-30(34,35)36/h4,6-9,11,14-15,17-18H,3,5,10,12-13,16H2,1-2H3/t18-/m0/s1. The third kappa shape index (κ3) is 6.30. The summed E-state index contributed by atoms with van der Waals surface area (Å²) >= 11 is 6.13. The summed E-state index contributed by atoms with van der Waals surface area (Å²) in [6.45, 7) is 4.83. The zero-order valence-corrected chi connectivity index (χ0v) is 23.6. The summed E-state index contributed by atoms with van der Waals surface area (Å²) in [7, 11) is 0. The third-order valence-electron chi connectivity index (χ3n) is 7.34. The largest absolute Gasteiger partial charge is 0.573 e. The van der Waals surface area contributed by atoms with Crippen molar-refractivity contribution >= 4 is 34.4 Å². The van der Waals surface area contributed by atoms with Crippen molar-refractivity contribution in [3.8, 4) is 5.75 Å². The lowest BCUT2D eigenvalue weighted by molar-refractivity contribution is -0.274. The predicted octanol–water partition coefficient (Wildman–Crippen LogP) is 7.26. The first kappa shape index (κ1) is 29.6. The number of benzene rings is 2. The van der Waals surface area contributed by atoms with Crippen LogP contribution in [0.2, 0.25) is 5.02 Å². The maximum Gasteiger partial charge on any atom is 0.573 e. The highest BCUT2D eigenvalue weighted by molar-refractivity contribution is 6.30. The summed E-state index contributed by atoms with van der Waals surface area (Å²) in [6, 6.07) is 11.1. The van der Waals surface area contributed by atoms with Crippen molar-refractivity contribution in [1.82, 2.24) is 9.38 Å². The Morgan fingerprint density at radius 1 is 1.05 bits per heavy atom. The first-order valence-electron chi connectivity index (χ1n) is 13.5. The van der Waals surface area contributed by atoms with E-state index < -0.39 is 23.7 Å². The quantitative estimate of drug-likeness (QED) is 0.156. The number of halogens is 6. The summed E-state index contributed by atoms with van der Waals surface area (Å²) in [4.78, 5) is 21.3. The van der Waals surface area contributed by atoms with Crippen molar-refractivity contribution in [3.05, 3.63) is 88.3 Å². The lowest BCUT2D eigenvalue weighted by Gasteiger charge is -2.42. The third-order valence-corrected chi connectivity index (χ3v) is 7.56. The molecule has 42 heavy (non-hydrogen) atoms. The van der Waals surface area contributed by atoms with Gasteiger partial charge in [0.1, 0.15) is 28.7 Å². The molecule has 0 bridgehead atoms. The maximum absolute atomic E-state index is 15.3. The number of ether oxygens (including phenoxy) is 1. The molecule has 0 unspecified atom stereocenters. The first-order valence-corrected chi connectivity index (χ1v) is 13.9. The van der Waals surface area contributed by atoms with E-state index in [4.69, 9.17) is 11.6 Å².